The van der Waals surface area contributed by atoms with E-state index in [0.29, 0.717) is 36.0 Å². The van der Waals surface area contributed by atoms with Crippen LogP contribution >= 0.6 is 0 Å². The van der Waals surface area contributed by atoms with Crippen LogP contribution in [0.1, 0.15) is 5.56 Å². The number of amides is 1. The number of ether oxygens (including phenoxy) is 4. The van der Waals surface area contributed by atoms with Crippen molar-refractivity contribution >= 4 is 23.8 Å². The third kappa shape index (κ3) is 4.27. The van der Waals surface area contributed by atoms with E-state index < -0.39 is 5.91 Å². The SMILES string of the molecule is COCCOc1c(OC)cc(C=C2C(=O)N=C(N)N=C2N)cc1OC. The molecular weight excluding hydrogens is 328 g/mol. The second kappa shape index (κ2) is 8.15. The van der Waals surface area contributed by atoms with E-state index in [4.69, 9.17) is 30.4 Å². The Kier molecular flexibility index (Phi) is 5.96. The Morgan fingerprint density at radius 2 is 1.68 bits per heavy atom. The van der Waals surface area contributed by atoms with E-state index >= 15 is 0 Å². The smallest absolute Gasteiger partial charge is 0.284 e. The Morgan fingerprint density at radius 3 is 2.20 bits per heavy atom. The maximum atomic E-state index is 12.0. The first-order valence-electron chi connectivity index (χ1n) is 7.32. The number of carbonyl (C=O) groups excluding carboxylic acids is 1. The zero-order valence-electron chi connectivity index (χ0n) is 14.2. The number of hydrogen-bond acceptors (Lipinski definition) is 8. The van der Waals surface area contributed by atoms with Gasteiger partial charge in [-0.05, 0) is 23.8 Å². The number of aliphatic imine (C=N–C) groups is 2. The van der Waals surface area contributed by atoms with Gasteiger partial charge in [-0.1, -0.05) is 0 Å². The van der Waals surface area contributed by atoms with Crippen molar-refractivity contribution in [2.75, 3.05) is 34.5 Å². The summed E-state index contributed by atoms with van der Waals surface area (Å²) in [6.45, 7) is 0.745. The zero-order chi connectivity index (χ0) is 18.4. The van der Waals surface area contributed by atoms with Gasteiger partial charge in [-0.2, -0.15) is 9.98 Å². The Balaban J connectivity index is 2.41. The van der Waals surface area contributed by atoms with Crippen LogP contribution in [0.2, 0.25) is 0 Å². The first-order valence-corrected chi connectivity index (χ1v) is 7.32. The van der Waals surface area contributed by atoms with Crippen LogP contribution in [0.3, 0.4) is 0 Å². The summed E-state index contributed by atoms with van der Waals surface area (Å²) in [5.41, 5.74) is 11.9. The average Bonchev–Trinajstić information content (AvgIpc) is 2.58. The Labute approximate surface area is 144 Å². The van der Waals surface area contributed by atoms with Gasteiger partial charge in [0.05, 0.1) is 26.4 Å². The van der Waals surface area contributed by atoms with Gasteiger partial charge in [-0.15, -0.1) is 0 Å². The molecule has 0 unspecified atom stereocenters. The van der Waals surface area contributed by atoms with Gasteiger partial charge in [-0.25, -0.2) is 0 Å². The standard InChI is InChI=1S/C16H20N4O5/c1-22-4-5-25-13-11(23-2)7-9(8-12(13)24-3)6-10-14(17)19-16(18)20-15(10)21/h6-8H,4-5H2,1-3H3,(H4,17,18,19,20,21). The molecule has 0 aromatic heterocycles. The van der Waals surface area contributed by atoms with Gasteiger partial charge in [0.25, 0.3) is 5.91 Å². The minimum absolute atomic E-state index is 0.00384. The molecule has 1 aromatic carbocycles. The summed E-state index contributed by atoms with van der Waals surface area (Å²) in [5, 5.41) is 0. The normalized spacial score (nSPS) is 15.6. The number of carbonyl (C=O) groups is 1. The average molecular weight is 348 g/mol. The first kappa shape index (κ1) is 18.3. The van der Waals surface area contributed by atoms with Crippen LogP contribution in [-0.2, 0) is 9.53 Å². The van der Waals surface area contributed by atoms with Gasteiger partial charge in [0, 0.05) is 7.11 Å². The quantitative estimate of drug-likeness (QED) is 0.536. The number of amidine groups is 1. The van der Waals surface area contributed by atoms with Crippen molar-refractivity contribution in [3.8, 4) is 17.2 Å². The highest BCUT2D eigenvalue weighted by Crippen LogP contribution is 2.39. The van der Waals surface area contributed by atoms with Crippen LogP contribution in [-0.4, -0.2) is 52.2 Å². The van der Waals surface area contributed by atoms with Crippen molar-refractivity contribution in [1.82, 2.24) is 0 Å². The third-order valence-corrected chi connectivity index (χ3v) is 3.29. The van der Waals surface area contributed by atoms with Crippen molar-refractivity contribution in [1.29, 1.82) is 0 Å². The maximum absolute atomic E-state index is 12.0. The van der Waals surface area contributed by atoms with Crippen LogP contribution in [0, 0.1) is 0 Å². The second-order valence-electron chi connectivity index (χ2n) is 4.93. The van der Waals surface area contributed by atoms with Gasteiger partial charge in [0.2, 0.25) is 11.7 Å². The molecule has 25 heavy (non-hydrogen) atoms. The summed E-state index contributed by atoms with van der Waals surface area (Å²) in [5.74, 6) is 0.562. The van der Waals surface area contributed by atoms with Crippen LogP contribution in [0.4, 0.5) is 0 Å². The predicted octanol–water partition coefficient (Wildman–Crippen LogP) is 0.325. The van der Waals surface area contributed by atoms with Crippen LogP contribution < -0.4 is 25.7 Å². The van der Waals surface area contributed by atoms with Crippen molar-refractivity contribution in [3.05, 3.63) is 23.3 Å². The van der Waals surface area contributed by atoms with Crippen LogP contribution in [0.5, 0.6) is 17.2 Å². The van der Waals surface area contributed by atoms with Crippen LogP contribution in [0.25, 0.3) is 6.08 Å². The summed E-state index contributed by atoms with van der Waals surface area (Å²) in [7, 11) is 4.58. The van der Waals surface area contributed by atoms with Gasteiger partial charge in [0.1, 0.15) is 12.4 Å². The number of methoxy groups -OCH3 is 3. The number of benzene rings is 1. The van der Waals surface area contributed by atoms with Crippen LogP contribution in [0.15, 0.2) is 27.7 Å². The number of guanidine groups is 1. The summed E-state index contributed by atoms with van der Waals surface area (Å²) in [4.78, 5) is 19.3. The lowest BCUT2D eigenvalue weighted by Crippen LogP contribution is -2.29. The molecule has 4 N–H and O–H groups in total. The molecule has 9 nitrogen and oxygen atoms in total. The summed E-state index contributed by atoms with van der Waals surface area (Å²) in [6.07, 6.45) is 1.53. The number of rotatable bonds is 7. The highest BCUT2D eigenvalue weighted by molar-refractivity contribution is 6.29. The summed E-state index contributed by atoms with van der Waals surface area (Å²) < 4.78 is 21.3. The molecule has 9 heteroatoms. The van der Waals surface area contributed by atoms with Gasteiger partial charge in [0.15, 0.2) is 11.5 Å². The highest BCUT2D eigenvalue weighted by Gasteiger charge is 2.20. The van der Waals surface area contributed by atoms with E-state index in [2.05, 4.69) is 9.98 Å². The lowest BCUT2D eigenvalue weighted by atomic mass is 10.1. The van der Waals surface area contributed by atoms with Gasteiger partial charge in [-0.3, -0.25) is 4.79 Å². The van der Waals surface area contributed by atoms with E-state index in [9.17, 15) is 4.79 Å². The molecular formula is C16H20N4O5. The largest absolute Gasteiger partial charge is 0.493 e. The maximum Gasteiger partial charge on any atom is 0.284 e. The molecule has 0 saturated heterocycles. The number of nitrogens with zero attached hydrogens (tertiary/aromatic N) is 2. The molecule has 0 atom stereocenters. The summed E-state index contributed by atoms with van der Waals surface area (Å²) in [6, 6.07) is 3.36. The van der Waals surface area contributed by atoms with Gasteiger partial charge >= 0.3 is 0 Å². The van der Waals surface area contributed by atoms with Crippen molar-refractivity contribution in [3.63, 3.8) is 0 Å². The third-order valence-electron chi connectivity index (χ3n) is 3.29. The fourth-order valence-electron chi connectivity index (χ4n) is 2.14. The van der Waals surface area contributed by atoms with Gasteiger partial charge < -0.3 is 30.4 Å². The molecule has 0 fully saturated rings. The number of hydrogen-bond donors (Lipinski definition) is 2. The van der Waals surface area contributed by atoms with Crippen molar-refractivity contribution in [2.45, 2.75) is 0 Å². The summed E-state index contributed by atoms with van der Waals surface area (Å²) >= 11 is 0. The Morgan fingerprint density at radius 1 is 1.04 bits per heavy atom. The highest BCUT2D eigenvalue weighted by atomic mass is 16.6. The molecule has 0 aliphatic carbocycles. The molecule has 2 rings (SSSR count). The minimum atomic E-state index is -0.566. The minimum Gasteiger partial charge on any atom is -0.493 e. The van der Waals surface area contributed by atoms with E-state index in [1.807, 2.05) is 0 Å². The molecule has 1 aliphatic rings. The molecule has 1 aliphatic heterocycles. The van der Waals surface area contributed by atoms with Crippen molar-refractivity contribution < 1.29 is 23.7 Å². The van der Waals surface area contributed by atoms with E-state index in [1.165, 1.54) is 20.3 Å². The molecule has 0 radical (unpaired) electrons. The molecule has 0 saturated carbocycles. The fourth-order valence-corrected chi connectivity index (χ4v) is 2.14. The Bertz CT molecular complexity index is 730. The molecule has 1 heterocycles. The second-order valence-corrected chi connectivity index (χ2v) is 4.93. The van der Waals surface area contributed by atoms with E-state index in [1.54, 1.807) is 19.2 Å². The predicted molar refractivity (Wildman–Crippen MR) is 93.1 cm³/mol. The molecule has 134 valence electrons. The van der Waals surface area contributed by atoms with E-state index in [-0.39, 0.29) is 17.4 Å². The number of nitrogens with two attached hydrogens (primary N) is 2. The Hall–Kier alpha value is -3.07. The van der Waals surface area contributed by atoms with E-state index in [0.717, 1.165) is 0 Å². The molecule has 0 spiro atoms. The lowest BCUT2D eigenvalue weighted by molar-refractivity contribution is -0.113. The molecule has 0 bridgehead atoms. The first-order chi connectivity index (χ1) is 12.0. The zero-order valence-corrected chi connectivity index (χ0v) is 14.2. The lowest BCUT2D eigenvalue weighted by Gasteiger charge is -2.15. The molecule has 1 amide bonds. The molecule has 1 aromatic rings. The monoisotopic (exact) mass is 348 g/mol. The topological polar surface area (TPSA) is 131 Å². The van der Waals surface area contributed by atoms with Crippen molar-refractivity contribution in [2.24, 2.45) is 21.5 Å². The fraction of sp³-hybridized carbons (Fsp3) is 0.312.